The Hall–Kier alpha value is -3.49. The molecule has 0 aliphatic carbocycles. The van der Waals surface area contributed by atoms with Crippen LogP contribution in [0, 0.1) is 11.3 Å². The second kappa shape index (κ2) is 9.28. The minimum Gasteiger partial charge on any atom is -0.364 e. The number of nitrogens with zero attached hydrogens (tertiary/aromatic N) is 5. The lowest BCUT2D eigenvalue weighted by atomic mass is 9.80. The van der Waals surface area contributed by atoms with Crippen LogP contribution in [-0.4, -0.2) is 44.9 Å². The molecule has 1 fully saturated rings. The summed E-state index contributed by atoms with van der Waals surface area (Å²) in [5, 5.41) is 18.3. The smallest absolute Gasteiger partial charge is 0.180 e. The fourth-order valence-corrected chi connectivity index (χ4v) is 4.62. The Bertz CT molecular complexity index is 1330. The first-order valence-electron chi connectivity index (χ1n) is 12.0. The van der Waals surface area contributed by atoms with E-state index in [0.717, 1.165) is 41.7 Å². The number of hydrogen-bond donors (Lipinski definition) is 2. The van der Waals surface area contributed by atoms with Gasteiger partial charge in [0.1, 0.15) is 11.6 Å². The van der Waals surface area contributed by atoms with Gasteiger partial charge in [-0.1, -0.05) is 45.0 Å². The van der Waals surface area contributed by atoms with E-state index in [1.807, 2.05) is 48.7 Å². The molecule has 35 heavy (non-hydrogen) atoms. The molecule has 2 atom stereocenters. The Morgan fingerprint density at radius 1 is 1.14 bits per heavy atom. The third kappa shape index (κ3) is 4.85. The van der Waals surface area contributed by atoms with Crippen LogP contribution in [0.1, 0.15) is 39.0 Å². The lowest BCUT2D eigenvalue weighted by Crippen LogP contribution is -2.26. The zero-order valence-corrected chi connectivity index (χ0v) is 20.6. The third-order valence-electron chi connectivity index (χ3n) is 6.78. The number of aliphatic hydroxyl groups excluding tert-OH is 1. The van der Waals surface area contributed by atoms with Crippen LogP contribution in [-0.2, 0) is 4.74 Å². The summed E-state index contributed by atoms with van der Waals surface area (Å²) in [7, 11) is 1.47. The number of hydrogen-bond acceptors (Lipinski definition) is 7. The van der Waals surface area contributed by atoms with Crippen LogP contribution in [0.4, 0.5) is 17.3 Å². The molecule has 4 heterocycles. The highest BCUT2D eigenvalue weighted by Gasteiger charge is 2.32. The standard InChI is InChI=1S/C27H32N6O2/c1-27(2,3)20-11-13-32(17-20)24-10-6-9-23(30-24)29-22-16-21(31-33-14-12-28-25(22)33)18-7-5-8-19(15-18)26(34)35-4/h5-10,12,14-16,20,26,34H,11,13,17H2,1-4H3,(H,29,30). The summed E-state index contributed by atoms with van der Waals surface area (Å²) < 4.78 is 6.81. The molecule has 2 N–H and O–H groups in total. The lowest BCUT2D eigenvalue weighted by Gasteiger charge is -2.27. The molecule has 8 heteroatoms. The van der Waals surface area contributed by atoms with Crippen molar-refractivity contribution in [2.75, 3.05) is 30.4 Å². The predicted octanol–water partition coefficient (Wildman–Crippen LogP) is 5.04. The maximum absolute atomic E-state index is 10.1. The summed E-state index contributed by atoms with van der Waals surface area (Å²) in [6, 6.07) is 15.6. The van der Waals surface area contributed by atoms with Crippen molar-refractivity contribution in [1.82, 2.24) is 19.6 Å². The minimum absolute atomic E-state index is 0.293. The number of aliphatic hydroxyl groups is 1. The van der Waals surface area contributed by atoms with Crippen molar-refractivity contribution in [3.63, 3.8) is 0 Å². The third-order valence-corrected chi connectivity index (χ3v) is 6.78. The van der Waals surface area contributed by atoms with E-state index in [0.29, 0.717) is 22.5 Å². The first-order chi connectivity index (χ1) is 16.8. The van der Waals surface area contributed by atoms with Gasteiger partial charge in [0.2, 0.25) is 0 Å². The molecule has 1 saturated heterocycles. The number of ether oxygens (including phenoxy) is 1. The topological polar surface area (TPSA) is 87.8 Å². The molecule has 0 amide bonds. The van der Waals surface area contributed by atoms with E-state index < -0.39 is 6.29 Å². The van der Waals surface area contributed by atoms with Gasteiger partial charge in [0.25, 0.3) is 0 Å². The number of nitrogens with one attached hydrogen (secondary N) is 1. The van der Waals surface area contributed by atoms with Crippen LogP contribution < -0.4 is 10.2 Å². The average molecular weight is 473 g/mol. The van der Waals surface area contributed by atoms with Crippen molar-refractivity contribution < 1.29 is 9.84 Å². The van der Waals surface area contributed by atoms with Gasteiger partial charge in [-0.3, -0.25) is 0 Å². The largest absolute Gasteiger partial charge is 0.364 e. The first-order valence-corrected chi connectivity index (χ1v) is 12.0. The molecule has 1 aliphatic heterocycles. The Morgan fingerprint density at radius 2 is 1.97 bits per heavy atom. The number of anilines is 3. The molecule has 0 bridgehead atoms. The molecule has 0 spiro atoms. The monoisotopic (exact) mass is 472 g/mol. The van der Waals surface area contributed by atoms with Gasteiger partial charge in [-0.25, -0.2) is 14.5 Å². The van der Waals surface area contributed by atoms with E-state index >= 15 is 0 Å². The van der Waals surface area contributed by atoms with Crippen molar-refractivity contribution in [2.24, 2.45) is 11.3 Å². The molecule has 1 aliphatic rings. The number of methoxy groups -OCH3 is 1. The van der Waals surface area contributed by atoms with Crippen molar-refractivity contribution in [3.05, 3.63) is 66.5 Å². The SMILES string of the molecule is COC(O)c1cccc(-c2cc(Nc3cccc(N4CCC(C(C)(C)C)C4)n3)c3nccn3n2)c1. The number of fused-ring (bicyclic) bond motifs is 1. The molecular formula is C27H32N6O2. The Balaban J connectivity index is 1.45. The van der Waals surface area contributed by atoms with Crippen LogP contribution in [0.5, 0.6) is 0 Å². The summed E-state index contributed by atoms with van der Waals surface area (Å²) >= 11 is 0. The Labute approximate surface area is 205 Å². The zero-order chi connectivity index (χ0) is 24.6. The van der Waals surface area contributed by atoms with Crippen LogP contribution in [0.25, 0.3) is 16.9 Å². The Morgan fingerprint density at radius 3 is 2.74 bits per heavy atom. The highest BCUT2D eigenvalue weighted by Crippen LogP contribution is 2.35. The highest BCUT2D eigenvalue weighted by molar-refractivity contribution is 5.77. The van der Waals surface area contributed by atoms with Gasteiger partial charge in [-0.2, -0.15) is 5.10 Å². The van der Waals surface area contributed by atoms with Crippen LogP contribution in [0.3, 0.4) is 0 Å². The summed E-state index contributed by atoms with van der Waals surface area (Å²) in [5.41, 5.74) is 4.08. The van der Waals surface area contributed by atoms with Crippen molar-refractivity contribution in [3.8, 4) is 11.3 Å². The number of rotatable bonds is 6. The highest BCUT2D eigenvalue weighted by atomic mass is 16.6. The summed E-state index contributed by atoms with van der Waals surface area (Å²) in [6.07, 6.45) is 3.74. The molecular weight excluding hydrogens is 440 g/mol. The number of aromatic nitrogens is 4. The van der Waals surface area contributed by atoms with Crippen molar-refractivity contribution >= 4 is 23.0 Å². The van der Waals surface area contributed by atoms with Gasteiger partial charge in [0.05, 0.1) is 11.4 Å². The molecule has 0 saturated carbocycles. The second-order valence-corrected chi connectivity index (χ2v) is 10.2. The van der Waals surface area contributed by atoms with Crippen LogP contribution in [0.2, 0.25) is 0 Å². The molecule has 2 unspecified atom stereocenters. The van der Waals surface area contributed by atoms with E-state index in [4.69, 9.17) is 14.8 Å². The fraction of sp³-hybridized carbons (Fsp3) is 0.370. The molecule has 5 rings (SSSR count). The van der Waals surface area contributed by atoms with Crippen LogP contribution in [0.15, 0.2) is 60.9 Å². The molecule has 182 valence electrons. The average Bonchev–Trinajstić information content (AvgIpc) is 3.54. The lowest BCUT2D eigenvalue weighted by molar-refractivity contribution is -0.0769. The number of benzene rings is 1. The van der Waals surface area contributed by atoms with Crippen molar-refractivity contribution in [2.45, 2.75) is 33.5 Å². The Kier molecular flexibility index (Phi) is 6.17. The van der Waals surface area contributed by atoms with Gasteiger partial charge in [0, 0.05) is 43.7 Å². The summed E-state index contributed by atoms with van der Waals surface area (Å²) in [6.45, 7) is 8.98. The molecule has 4 aromatic rings. The normalized spacial score (nSPS) is 17.2. The predicted molar refractivity (Wildman–Crippen MR) is 138 cm³/mol. The van der Waals surface area contributed by atoms with Gasteiger partial charge < -0.3 is 20.1 Å². The zero-order valence-electron chi connectivity index (χ0n) is 20.6. The first kappa shape index (κ1) is 23.3. The maximum atomic E-state index is 10.1. The van der Waals surface area contributed by atoms with Gasteiger partial charge >= 0.3 is 0 Å². The minimum atomic E-state index is -0.986. The van der Waals surface area contributed by atoms with Crippen molar-refractivity contribution in [1.29, 1.82) is 0 Å². The number of pyridine rings is 1. The fourth-order valence-electron chi connectivity index (χ4n) is 4.62. The second-order valence-electron chi connectivity index (χ2n) is 10.2. The molecule has 0 radical (unpaired) electrons. The maximum Gasteiger partial charge on any atom is 0.180 e. The quantitative estimate of drug-likeness (QED) is 0.380. The van der Waals surface area contributed by atoms with E-state index in [1.54, 1.807) is 10.7 Å². The van der Waals surface area contributed by atoms with Gasteiger partial charge in [-0.05, 0) is 42.0 Å². The molecule has 3 aromatic heterocycles. The molecule has 1 aromatic carbocycles. The van der Waals surface area contributed by atoms with Crippen LogP contribution >= 0.6 is 0 Å². The van der Waals surface area contributed by atoms with Gasteiger partial charge in [-0.15, -0.1) is 0 Å². The van der Waals surface area contributed by atoms with Gasteiger partial charge in [0.15, 0.2) is 11.9 Å². The van der Waals surface area contributed by atoms with E-state index in [2.05, 4.69) is 42.0 Å². The summed E-state index contributed by atoms with van der Waals surface area (Å²) in [4.78, 5) is 11.8. The van der Waals surface area contributed by atoms with E-state index in [9.17, 15) is 5.11 Å². The summed E-state index contributed by atoms with van der Waals surface area (Å²) in [5.74, 6) is 2.39. The molecule has 8 nitrogen and oxygen atoms in total. The number of imidazole rings is 1. The van der Waals surface area contributed by atoms with E-state index in [1.165, 1.54) is 13.5 Å². The van der Waals surface area contributed by atoms with E-state index in [-0.39, 0.29) is 0 Å².